The fraction of sp³-hybridized carbons (Fsp3) is 0.375. The largest absolute Gasteiger partial charge is 0.492 e. The molecular formula is C32H34FNO5. The van der Waals surface area contributed by atoms with E-state index in [0.29, 0.717) is 42.3 Å². The van der Waals surface area contributed by atoms with Gasteiger partial charge >= 0.3 is 5.97 Å². The summed E-state index contributed by atoms with van der Waals surface area (Å²) in [5, 5.41) is 8.81. The molecule has 0 amide bonds. The summed E-state index contributed by atoms with van der Waals surface area (Å²) in [5.74, 6) is 1.33. The van der Waals surface area contributed by atoms with E-state index in [1.54, 1.807) is 0 Å². The molecule has 39 heavy (non-hydrogen) atoms. The van der Waals surface area contributed by atoms with Gasteiger partial charge in [-0.05, 0) is 78.8 Å². The van der Waals surface area contributed by atoms with E-state index in [-0.39, 0.29) is 30.7 Å². The number of nitriles is 1. The molecule has 1 aliphatic carbocycles. The molecule has 3 aromatic carbocycles. The SMILES string of the molecule is CC.COC(=O)C[C@@H]1COc2cc(O[C@@H]3CCc4c(-c5c(C)cc(OCC#N)cc5C)ccc(F)c43)ccc21. The third kappa shape index (κ3) is 5.70. The lowest BCUT2D eigenvalue weighted by molar-refractivity contribution is -0.141. The Labute approximate surface area is 229 Å². The number of aryl methyl sites for hydroxylation is 2. The predicted molar refractivity (Wildman–Crippen MR) is 147 cm³/mol. The van der Waals surface area contributed by atoms with Crippen LogP contribution < -0.4 is 14.2 Å². The first-order chi connectivity index (χ1) is 18.9. The van der Waals surface area contributed by atoms with Crippen LogP contribution in [0.2, 0.25) is 0 Å². The number of hydrogen-bond acceptors (Lipinski definition) is 6. The van der Waals surface area contributed by atoms with Crippen molar-refractivity contribution in [1.82, 2.24) is 0 Å². The van der Waals surface area contributed by atoms with E-state index < -0.39 is 6.10 Å². The summed E-state index contributed by atoms with van der Waals surface area (Å²) in [6, 6.07) is 14.8. The van der Waals surface area contributed by atoms with Gasteiger partial charge in [0, 0.05) is 23.1 Å². The summed E-state index contributed by atoms with van der Waals surface area (Å²) < 4.78 is 37.6. The third-order valence-corrected chi connectivity index (χ3v) is 7.15. The van der Waals surface area contributed by atoms with Gasteiger partial charge in [-0.1, -0.05) is 26.0 Å². The Hall–Kier alpha value is -4.05. The summed E-state index contributed by atoms with van der Waals surface area (Å²) in [6.45, 7) is 8.40. The molecular weight excluding hydrogens is 497 g/mol. The first-order valence-corrected chi connectivity index (χ1v) is 13.3. The number of carbonyl (C=O) groups is 1. The standard InChI is InChI=1S/C30H28FNO5.C2H6/c1-17-12-21(35-11-10-32)13-18(2)29(17)23-6-8-25(31)30-24(23)7-9-26(30)37-20-4-5-22-19(14-28(33)34-3)16-36-27(22)15-20;1-2/h4-6,8,12-13,15,19,26H,7,9,11,14,16H2,1-3H3;1-2H3/t19-,26-;/m1./s1. The second-order valence-corrected chi connectivity index (χ2v) is 9.50. The van der Waals surface area contributed by atoms with Crippen molar-refractivity contribution < 1.29 is 28.1 Å². The number of fused-ring (bicyclic) bond motifs is 2. The van der Waals surface area contributed by atoms with Crippen molar-refractivity contribution in [1.29, 1.82) is 5.26 Å². The van der Waals surface area contributed by atoms with Gasteiger partial charge in [0.25, 0.3) is 0 Å². The van der Waals surface area contributed by atoms with Crippen molar-refractivity contribution in [3.05, 3.63) is 76.1 Å². The summed E-state index contributed by atoms with van der Waals surface area (Å²) in [7, 11) is 1.38. The van der Waals surface area contributed by atoms with Crippen LogP contribution in [0, 0.1) is 31.0 Å². The molecule has 204 valence electrons. The number of halogens is 1. The molecule has 1 aliphatic heterocycles. The molecule has 0 aromatic heterocycles. The van der Waals surface area contributed by atoms with Gasteiger partial charge < -0.3 is 18.9 Å². The van der Waals surface area contributed by atoms with Gasteiger partial charge in [-0.2, -0.15) is 5.26 Å². The molecule has 5 rings (SSSR count). The zero-order valence-electron chi connectivity index (χ0n) is 23.1. The molecule has 6 nitrogen and oxygen atoms in total. The van der Waals surface area contributed by atoms with E-state index in [0.717, 1.165) is 33.4 Å². The monoisotopic (exact) mass is 531 g/mol. The van der Waals surface area contributed by atoms with Gasteiger partial charge in [-0.3, -0.25) is 4.79 Å². The zero-order valence-corrected chi connectivity index (χ0v) is 23.1. The van der Waals surface area contributed by atoms with E-state index >= 15 is 4.39 Å². The highest BCUT2D eigenvalue weighted by Crippen LogP contribution is 2.45. The molecule has 0 saturated carbocycles. The maximum Gasteiger partial charge on any atom is 0.306 e. The Morgan fingerprint density at radius 2 is 1.85 bits per heavy atom. The topological polar surface area (TPSA) is 77.8 Å². The highest BCUT2D eigenvalue weighted by molar-refractivity contribution is 5.76. The number of ether oxygens (including phenoxy) is 4. The van der Waals surface area contributed by atoms with Gasteiger partial charge in [-0.15, -0.1) is 0 Å². The van der Waals surface area contributed by atoms with Crippen LogP contribution in [0.1, 0.15) is 66.5 Å². The van der Waals surface area contributed by atoms with Crippen LogP contribution in [0.3, 0.4) is 0 Å². The molecule has 0 fully saturated rings. The number of methoxy groups -OCH3 is 1. The molecule has 0 bridgehead atoms. The van der Waals surface area contributed by atoms with Crippen molar-refractivity contribution in [2.24, 2.45) is 0 Å². The van der Waals surface area contributed by atoms with Crippen molar-refractivity contribution in [2.75, 3.05) is 20.3 Å². The first kappa shape index (κ1) is 28.0. The number of benzene rings is 3. The van der Waals surface area contributed by atoms with E-state index in [2.05, 4.69) is 0 Å². The lowest BCUT2D eigenvalue weighted by Gasteiger charge is -2.19. The Bertz CT molecular complexity index is 1390. The maximum absolute atomic E-state index is 15.2. The minimum Gasteiger partial charge on any atom is -0.492 e. The molecule has 0 saturated heterocycles. The minimum absolute atomic E-state index is 0.0111. The smallest absolute Gasteiger partial charge is 0.306 e. The molecule has 2 atom stereocenters. The average molecular weight is 532 g/mol. The van der Waals surface area contributed by atoms with Crippen LogP contribution >= 0.6 is 0 Å². The summed E-state index contributed by atoms with van der Waals surface area (Å²) in [4.78, 5) is 11.7. The molecule has 0 unspecified atom stereocenters. The van der Waals surface area contributed by atoms with Crippen LogP contribution in [0.15, 0.2) is 42.5 Å². The summed E-state index contributed by atoms with van der Waals surface area (Å²) in [5.41, 5.74) is 6.54. The van der Waals surface area contributed by atoms with Crippen molar-refractivity contribution in [2.45, 2.75) is 59.0 Å². The Balaban J connectivity index is 0.00000172. The number of carbonyl (C=O) groups excluding carboxylic acids is 1. The van der Waals surface area contributed by atoms with Gasteiger partial charge in [0.1, 0.15) is 35.2 Å². The van der Waals surface area contributed by atoms with Gasteiger partial charge in [0.15, 0.2) is 6.61 Å². The van der Waals surface area contributed by atoms with Gasteiger partial charge in [0.05, 0.1) is 20.1 Å². The lowest BCUT2D eigenvalue weighted by atomic mass is 9.90. The van der Waals surface area contributed by atoms with Crippen molar-refractivity contribution in [3.63, 3.8) is 0 Å². The molecule has 1 heterocycles. The summed E-state index contributed by atoms with van der Waals surface area (Å²) in [6.07, 6.45) is 1.20. The van der Waals surface area contributed by atoms with Crippen LogP contribution in [0.5, 0.6) is 17.2 Å². The van der Waals surface area contributed by atoms with E-state index in [1.165, 1.54) is 13.2 Å². The Morgan fingerprint density at radius 3 is 2.54 bits per heavy atom. The lowest BCUT2D eigenvalue weighted by Crippen LogP contribution is -2.09. The number of esters is 1. The van der Waals surface area contributed by atoms with Gasteiger partial charge in [0.2, 0.25) is 0 Å². The molecule has 0 spiro atoms. The number of nitrogens with zero attached hydrogens (tertiary/aromatic N) is 1. The molecule has 2 aliphatic rings. The molecule has 0 radical (unpaired) electrons. The third-order valence-electron chi connectivity index (χ3n) is 7.15. The van der Waals surface area contributed by atoms with Crippen LogP contribution in [-0.4, -0.2) is 26.3 Å². The Kier molecular flexibility index (Phi) is 8.75. The molecule has 7 heteroatoms. The van der Waals surface area contributed by atoms with Crippen molar-refractivity contribution >= 4 is 5.97 Å². The summed E-state index contributed by atoms with van der Waals surface area (Å²) >= 11 is 0. The highest BCUT2D eigenvalue weighted by atomic mass is 19.1. The van der Waals surface area contributed by atoms with E-state index in [1.807, 2.05) is 70.2 Å². The Morgan fingerprint density at radius 1 is 1.10 bits per heavy atom. The maximum atomic E-state index is 15.2. The van der Waals surface area contributed by atoms with E-state index in [4.69, 9.17) is 24.2 Å². The number of hydrogen-bond donors (Lipinski definition) is 0. The van der Waals surface area contributed by atoms with Crippen LogP contribution in [0.4, 0.5) is 4.39 Å². The average Bonchev–Trinajstić information content (AvgIpc) is 3.54. The molecule has 0 N–H and O–H groups in total. The van der Waals surface area contributed by atoms with Gasteiger partial charge in [-0.25, -0.2) is 4.39 Å². The normalized spacial score (nSPS) is 16.6. The zero-order chi connectivity index (χ0) is 28.1. The fourth-order valence-corrected chi connectivity index (χ4v) is 5.52. The molecule has 3 aromatic rings. The second kappa shape index (κ2) is 12.2. The van der Waals surface area contributed by atoms with Crippen molar-refractivity contribution in [3.8, 4) is 34.4 Å². The van der Waals surface area contributed by atoms with E-state index in [9.17, 15) is 4.79 Å². The predicted octanol–water partition coefficient (Wildman–Crippen LogP) is 7.14. The quantitative estimate of drug-likeness (QED) is 0.302. The van der Waals surface area contributed by atoms with Crippen LogP contribution in [-0.2, 0) is 16.0 Å². The number of rotatable bonds is 7. The highest BCUT2D eigenvalue weighted by Gasteiger charge is 2.32. The minimum atomic E-state index is -0.417. The second-order valence-electron chi connectivity index (χ2n) is 9.50. The van der Waals surface area contributed by atoms with Crippen LogP contribution in [0.25, 0.3) is 11.1 Å². The first-order valence-electron chi connectivity index (χ1n) is 13.3. The fourth-order valence-electron chi connectivity index (χ4n) is 5.52.